The molecule has 2 aromatic carbocycles. The van der Waals surface area contributed by atoms with E-state index in [0.29, 0.717) is 21.1 Å². The Hall–Kier alpha value is -2.64. The lowest BCUT2D eigenvalue weighted by Gasteiger charge is -2.12. The van der Waals surface area contributed by atoms with Gasteiger partial charge in [0.05, 0.1) is 29.3 Å². The second-order valence-corrected chi connectivity index (χ2v) is 7.20. The quantitative estimate of drug-likeness (QED) is 0.247. The third kappa shape index (κ3) is 4.10. The highest BCUT2D eigenvalue weighted by atomic mass is 35.5. The molecule has 0 saturated heterocycles. The smallest absolute Gasteiger partial charge is 0.262 e. The summed E-state index contributed by atoms with van der Waals surface area (Å²) in [4.78, 5) is 29.8. The fourth-order valence-corrected chi connectivity index (χ4v) is 3.74. The van der Waals surface area contributed by atoms with Crippen molar-refractivity contribution in [3.63, 3.8) is 0 Å². The number of thioether (sulfide) groups is 1. The fourth-order valence-electron chi connectivity index (χ4n) is 2.68. The maximum Gasteiger partial charge on any atom is 0.262 e. The monoisotopic (exact) mass is 418 g/mol. The predicted octanol–water partition coefficient (Wildman–Crippen LogP) is 4.36. The van der Waals surface area contributed by atoms with E-state index in [1.165, 1.54) is 23.8 Å². The summed E-state index contributed by atoms with van der Waals surface area (Å²) < 4.78 is 20.1. The first kappa shape index (κ1) is 20.1. The van der Waals surface area contributed by atoms with Crippen molar-refractivity contribution in [3.05, 3.63) is 75.8 Å². The highest BCUT2D eigenvalue weighted by Crippen LogP contribution is 2.25. The number of allylic oxidation sites excluding steroid dienone is 1. The normalized spacial score (nSPS) is 10.8. The van der Waals surface area contributed by atoms with Crippen molar-refractivity contribution in [2.75, 3.05) is 12.9 Å². The molecule has 0 fully saturated rings. The van der Waals surface area contributed by atoms with Gasteiger partial charge in [0, 0.05) is 11.6 Å². The summed E-state index contributed by atoms with van der Waals surface area (Å²) in [6.45, 7) is 3.90. The Morgan fingerprint density at radius 3 is 2.86 bits per heavy atom. The zero-order valence-corrected chi connectivity index (χ0v) is 16.5. The number of halogens is 2. The van der Waals surface area contributed by atoms with Crippen LogP contribution in [0.15, 0.2) is 59.0 Å². The minimum absolute atomic E-state index is 0.0462. The van der Waals surface area contributed by atoms with E-state index in [9.17, 15) is 14.0 Å². The van der Waals surface area contributed by atoms with E-state index in [-0.39, 0.29) is 35.0 Å². The lowest BCUT2D eigenvalue weighted by atomic mass is 10.1. The number of aromatic nitrogens is 2. The van der Waals surface area contributed by atoms with Gasteiger partial charge in [0.25, 0.3) is 5.56 Å². The van der Waals surface area contributed by atoms with Crippen LogP contribution in [0.3, 0.4) is 0 Å². The molecule has 0 aliphatic heterocycles. The van der Waals surface area contributed by atoms with E-state index in [0.717, 1.165) is 17.8 Å². The molecule has 1 heterocycles. The van der Waals surface area contributed by atoms with Crippen LogP contribution in [-0.2, 0) is 6.54 Å². The van der Waals surface area contributed by atoms with E-state index in [2.05, 4.69) is 11.6 Å². The molecule has 1 aromatic heterocycles. The Morgan fingerprint density at radius 2 is 2.14 bits per heavy atom. The molecular weight excluding hydrogens is 403 g/mol. The average Bonchev–Trinajstić information content (AvgIpc) is 2.68. The molecule has 28 heavy (non-hydrogen) atoms. The molecule has 0 unspecified atom stereocenters. The first-order chi connectivity index (χ1) is 13.4. The molecular formula is C20H16ClFN2O3S. The SMILES string of the molecule is C=CCn1c(SCC(=O)c2cc(F)ccc2OC)nc2cc(Cl)ccc2c1=O. The molecule has 8 heteroatoms. The molecule has 0 N–H and O–H groups in total. The van der Waals surface area contributed by atoms with Gasteiger partial charge in [0.2, 0.25) is 0 Å². The fraction of sp³-hybridized carbons (Fsp3) is 0.150. The lowest BCUT2D eigenvalue weighted by Crippen LogP contribution is -2.23. The molecule has 0 saturated carbocycles. The molecule has 0 amide bonds. The minimum Gasteiger partial charge on any atom is -0.496 e. The molecule has 3 aromatic rings. The number of hydrogen-bond donors (Lipinski definition) is 0. The molecule has 3 rings (SSSR count). The number of Topliss-reactive ketones (excluding diaryl/α,β-unsaturated/α-hetero) is 1. The number of ketones is 1. The molecule has 0 aliphatic rings. The number of methoxy groups -OCH3 is 1. The highest BCUT2D eigenvalue weighted by molar-refractivity contribution is 7.99. The van der Waals surface area contributed by atoms with E-state index >= 15 is 0 Å². The van der Waals surface area contributed by atoms with Gasteiger partial charge >= 0.3 is 0 Å². The number of benzene rings is 2. The third-order valence-electron chi connectivity index (χ3n) is 3.99. The summed E-state index contributed by atoms with van der Waals surface area (Å²) in [7, 11) is 1.41. The first-order valence-electron chi connectivity index (χ1n) is 8.25. The maximum absolute atomic E-state index is 13.5. The van der Waals surface area contributed by atoms with Crippen LogP contribution in [-0.4, -0.2) is 28.2 Å². The van der Waals surface area contributed by atoms with Gasteiger partial charge in [-0.15, -0.1) is 6.58 Å². The van der Waals surface area contributed by atoms with Crippen molar-refractivity contribution in [3.8, 4) is 5.75 Å². The summed E-state index contributed by atoms with van der Waals surface area (Å²) >= 11 is 7.09. The minimum atomic E-state index is -0.531. The van der Waals surface area contributed by atoms with Crippen LogP contribution in [0.5, 0.6) is 5.75 Å². The Labute approximate surface area is 169 Å². The molecule has 0 bridgehead atoms. The van der Waals surface area contributed by atoms with Crippen LogP contribution in [0.25, 0.3) is 10.9 Å². The Balaban J connectivity index is 1.96. The van der Waals surface area contributed by atoms with Crippen molar-refractivity contribution in [2.45, 2.75) is 11.7 Å². The largest absolute Gasteiger partial charge is 0.496 e. The van der Waals surface area contributed by atoms with Gasteiger partial charge in [0.15, 0.2) is 10.9 Å². The number of fused-ring (bicyclic) bond motifs is 1. The summed E-state index contributed by atoms with van der Waals surface area (Å²) in [5, 5.41) is 1.23. The molecule has 144 valence electrons. The lowest BCUT2D eigenvalue weighted by molar-refractivity contribution is 0.101. The van der Waals surface area contributed by atoms with E-state index < -0.39 is 5.82 Å². The first-order valence-corrected chi connectivity index (χ1v) is 9.61. The third-order valence-corrected chi connectivity index (χ3v) is 5.20. The second kappa shape index (κ2) is 8.58. The van der Waals surface area contributed by atoms with E-state index in [1.807, 2.05) is 0 Å². The molecule has 5 nitrogen and oxygen atoms in total. The van der Waals surface area contributed by atoms with Crippen molar-refractivity contribution in [2.24, 2.45) is 0 Å². The summed E-state index contributed by atoms with van der Waals surface area (Å²) in [5.41, 5.74) is 0.326. The number of carbonyl (C=O) groups is 1. The Morgan fingerprint density at radius 1 is 1.36 bits per heavy atom. The van der Waals surface area contributed by atoms with Gasteiger partial charge in [-0.25, -0.2) is 9.37 Å². The highest BCUT2D eigenvalue weighted by Gasteiger charge is 2.17. The van der Waals surface area contributed by atoms with Crippen molar-refractivity contribution in [1.82, 2.24) is 9.55 Å². The maximum atomic E-state index is 13.5. The van der Waals surface area contributed by atoms with Crippen LogP contribution in [0.4, 0.5) is 4.39 Å². The van der Waals surface area contributed by atoms with Gasteiger partial charge in [0.1, 0.15) is 11.6 Å². The van der Waals surface area contributed by atoms with E-state index in [4.69, 9.17) is 16.3 Å². The van der Waals surface area contributed by atoms with Gasteiger partial charge in [-0.1, -0.05) is 29.4 Å². The second-order valence-electron chi connectivity index (χ2n) is 5.82. The topological polar surface area (TPSA) is 61.2 Å². The zero-order chi connectivity index (χ0) is 20.3. The van der Waals surface area contributed by atoms with Gasteiger partial charge in [-0.05, 0) is 36.4 Å². The molecule has 0 spiro atoms. The molecule has 0 aliphatic carbocycles. The predicted molar refractivity (Wildman–Crippen MR) is 109 cm³/mol. The van der Waals surface area contributed by atoms with Crippen molar-refractivity contribution >= 4 is 40.0 Å². The number of rotatable bonds is 7. The van der Waals surface area contributed by atoms with Crippen LogP contribution in [0.2, 0.25) is 5.02 Å². The van der Waals surface area contributed by atoms with Gasteiger partial charge < -0.3 is 4.74 Å². The number of hydrogen-bond acceptors (Lipinski definition) is 5. The molecule has 0 radical (unpaired) electrons. The van der Waals surface area contributed by atoms with Gasteiger partial charge in [-0.3, -0.25) is 14.2 Å². The van der Waals surface area contributed by atoms with Gasteiger partial charge in [-0.2, -0.15) is 0 Å². The van der Waals surface area contributed by atoms with Crippen molar-refractivity contribution in [1.29, 1.82) is 0 Å². The average molecular weight is 419 g/mol. The number of nitrogens with zero attached hydrogens (tertiary/aromatic N) is 2. The summed E-state index contributed by atoms with van der Waals surface area (Å²) in [5.74, 6) is -0.632. The standard InChI is InChI=1S/C20H16ClFN2O3S/c1-3-8-24-19(26)14-6-4-12(21)9-16(14)23-20(24)28-11-17(25)15-10-13(22)5-7-18(15)27-2/h3-7,9-10H,1,8,11H2,2H3. The summed E-state index contributed by atoms with van der Waals surface area (Å²) in [6, 6.07) is 8.59. The Kier molecular flexibility index (Phi) is 6.16. The number of ether oxygens (including phenoxy) is 1. The number of carbonyl (C=O) groups excluding carboxylic acids is 1. The van der Waals surface area contributed by atoms with E-state index in [1.54, 1.807) is 24.3 Å². The molecule has 0 atom stereocenters. The van der Waals surface area contributed by atoms with Crippen LogP contribution < -0.4 is 10.3 Å². The van der Waals surface area contributed by atoms with Crippen LogP contribution in [0.1, 0.15) is 10.4 Å². The van der Waals surface area contributed by atoms with Crippen LogP contribution >= 0.6 is 23.4 Å². The zero-order valence-electron chi connectivity index (χ0n) is 14.9. The van der Waals surface area contributed by atoms with Crippen LogP contribution in [0, 0.1) is 5.82 Å². The van der Waals surface area contributed by atoms with Crippen molar-refractivity contribution < 1.29 is 13.9 Å². The Bertz CT molecular complexity index is 1130. The summed E-state index contributed by atoms with van der Waals surface area (Å²) in [6.07, 6.45) is 1.58.